The maximum atomic E-state index is 3.41. The molecule has 0 radical (unpaired) electrons. The van der Waals surface area contributed by atoms with Crippen molar-refractivity contribution in [3.05, 3.63) is 0 Å². The standard InChI is InChI=1S/C11H23N/c1-5-9-8-10(12-4)6-7-11(9,2)3/h9-10,12H,5-8H2,1-4H3. The maximum Gasteiger partial charge on any atom is 0.00671 e. The SMILES string of the molecule is CCC1CC(NC)CCC1(C)C. The highest BCUT2D eigenvalue weighted by Gasteiger charge is 2.34. The fourth-order valence-electron chi connectivity index (χ4n) is 2.51. The van der Waals surface area contributed by atoms with Gasteiger partial charge in [0, 0.05) is 6.04 Å². The molecule has 72 valence electrons. The van der Waals surface area contributed by atoms with Crippen molar-refractivity contribution in [1.29, 1.82) is 0 Å². The minimum atomic E-state index is 0.585. The van der Waals surface area contributed by atoms with Crippen molar-refractivity contribution in [2.24, 2.45) is 11.3 Å². The Hall–Kier alpha value is -0.0400. The molecule has 0 spiro atoms. The molecule has 0 heterocycles. The minimum absolute atomic E-state index is 0.585. The van der Waals surface area contributed by atoms with Crippen LogP contribution in [0.2, 0.25) is 0 Å². The van der Waals surface area contributed by atoms with E-state index in [1.165, 1.54) is 25.7 Å². The second-order valence-electron chi connectivity index (χ2n) is 4.85. The molecule has 1 nitrogen and oxygen atoms in total. The molecule has 2 atom stereocenters. The van der Waals surface area contributed by atoms with Crippen LogP contribution in [0.1, 0.15) is 46.5 Å². The van der Waals surface area contributed by atoms with Crippen molar-refractivity contribution in [3.8, 4) is 0 Å². The van der Waals surface area contributed by atoms with Crippen molar-refractivity contribution in [2.75, 3.05) is 7.05 Å². The van der Waals surface area contributed by atoms with Crippen LogP contribution in [0.5, 0.6) is 0 Å². The van der Waals surface area contributed by atoms with Gasteiger partial charge in [0.25, 0.3) is 0 Å². The summed E-state index contributed by atoms with van der Waals surface area (Å²) >= 11 is 0. The van der Waals surface area contributed by atoms with Crippen LogP contribution in [-0.2, 0) is 0 Å². The molecule has 1 aliphatic rings. The second kappa shape index (κ2) is 3.78. The van der Waals surface area contributed by atoms with Crippen LogP contribution in [0.4, 0.5) is 0 Å². The lowest BCUT2D eigenvalue weighted by molar-refractivity contribution is 0.111. The van der Waals surface area contributed by atoms with Gasteiger partial charge in [-0.05, 0) is 37.6 Å². The van der Waals surface area contributed by atoms with Crippen LogP contribution in [0.25, 0.3) is 0 Å². The molecule has 0 bridgehead atoms. The molecule has 1 heteroatoms. The first kappa shape index (κ1) is 10.0. The maximum absolute atomic E-state index is 3.41. The van der Waals surface area contributed by atoms with Crippen LogP contribution < -0.4 is 5.32 Å². The molecule has 1 aliphatic carbocycles. The quantitative estimate of drug-likeness (QED) is 0.670. The summed E-state index contributed by atoms with van der Waals surface area (Å²) in [6.07, 6.45) is 5.46. The summed E-state index contributed by atoms with van der Waals surface area (Å²) in [6.45, 7) is 7.17. The third kappa shape index (κ3) is 2.01. The molecule has 2 unspecified atom stereocenters. The third-order valence-corrected chi connectivity index (χ3v) is 3.71. The smallest absolute Gasteiger partial charge is 0.00671 e. The Morgan fingerprint density at radius 3 is 2.58 bits per heavy atom. The van der Waals surface area contributed by atoms with Gasteiger partial charge in [-0.15, -0.1) is 0 Å². The van der Waals surface area contributed by atoms with E-state index in [1.54, 1.807) is 0 Å². The first-order valence-corrected chi connectivity index (χ1v) is 5.27. The summed E-state index contributed by atoms with van der Waals surface area (Å²) in [5.41, 5.74) is 0.585. The molecule has 0 aromatic heterocycles. The van der Waals surface area contributed by atoms with E-state index in [0.29, 0.717) is 5.41 Å². The number of rotatable bonds is 2. The van der Waals surface area contributed by atoms with Crippen LogP contribution in [0.15, 0.2) is 0 Å². The molecule has 1 N–H and O–H groups in total. The highest BCUT2D eigenvalue weighted by molar-refractivity contribution is 4.87. The van der Waals surface area contributed by atoms with Crippen molar-refractivity contribution < 1.29 is 0 Å². The van der Waals surface area contributed by atoms with Crippen molar-refractivity contribution in [3.63, 3.8) is 0 Å². The topological polar surface area (TPSA) is 12.0 Å². The van der Waals surface area contributed by atoms with Gasteiger partial charge in [0.2, 0.25) is 0 Å². The lowest BCUT2D eigenvalue weighted by atomic mass is 9.66. The third-order valence-electron chi connectivity index (χ3n) is 3.71. The Morgan fingerprint density at radius 2 is 2.08 bits per heavy atom. The zero-order chi connectivity index (χ0) is 9.19. The van der Waals surface area contributed by atoms with Gasteiger partial charge in [-0.2, -0.15) is 0 Å². The first-order valence-electron chi connectivity index (χ1n) is 5.27. The van der Waals surface area contributed by atoms with Gasteiger partial charge in [0.15, 0.2) is 0 Å². The van der Waals surface area contributed by atoms with Crippen molar-refractivity contribution in [2.45, 2.75) is 52.5 Å². The fraction of sp³-hybridized carbons (Fsp3) is 1.00. The minimum Gasteiger partial charge on any atom is -0.317 e. The van der Waals surface area contributed by atoms with Crippen LogP contribution >= 0.6 is 0 Å². The van der Waals surface area contributed by atoms with Crippen LogP contribution in [0.3, 0.4) is 0 Å². The summed E-state index contributed by atoms with van der Waals surface area (Å²) in [4.78, 5) is 0. The molecule has 0 amide bonds. The molecular weight excluding hydrogens is 146 g/mol. The van der Waals surface area contributed by atoms with E-state index in [-0.39, 0.29) is 0 Å². The van der Waals surface area contributed by atoms with E-state index in [9.17, 15) is 0 Å². The average molecular weight is 169 g/mol. The molecule has 1 rings (SSSR count). The van der Waals surface area contributed by atoms with Crippen molar-refractivity contribution >= 4 is 0 Å². The van der Waals surface area contributed by atoms with Gasteiger partial charge >= 0.3 is 0 Å². The molecule has 1 saturated carbocycles. The van der Waals surface area contributed by atoms with E-state index in [1.807, 2.05) is 0 Å². The lowest BCUT2D eigenvalue weighted by Crippen LogP contribution is -2.39. The Labute approximate surface area is 76.9 Å². The molecule has 0 saturated heterocycles. The van der Waals surface area contributed by atoms with Crippen LogP contribution in [-0.4, -0.2) is 13.1 Å². The van der Waals surface area contributed by atoms with E-state index in [2.05, 4.69) is 33.1 Å². The predicted molar refractivity (Wildman–Crippen MR) is 54.3 cm³/mol. The Balaban J connectivity index is 2.54. The van der Waals surface area contributed by atoms with Gasteiger partial charge in [0.05, 0.1) is 0 Å². The summed E-state index contributed by atoms with van der Waals surface area (Å²) in [5, 5.41) is 3.41. The summed E-state index contributed by atoms with van der Waals surface area (Å²) in [6, 6.07) is 0.781. The van der Waals surface area contributed by atoms with Gasteiger partial charge in [-0.25, -0.2) is 0 Å². The largest absolute Gasteiger partial charge is 0.317 e. The normalized spacial score (nSPS) is 35.0. The van der Waals surface area contributed by atoms with Gasteiger partial charge < -0.3 is 5.32 Å². The molecule has 0 aromatic carbocycles. The van der Waals surface area contributed by atoms with Crippen molar-refractivity contribution in [1.82, 2.24) is 5.32 Å². The van der Waals surface area contributed by atoms with E-state index >= 15 is 0 Å². The average Bonchev–Trinajstić information content (AvgIpc) is 2.04. The van der Waals surface area contributed by atoms with Gasteiger partial charge in [0.1, 0.15) is 0 Å². The Morgan fingerprint density at radius 1 is 1.42 bits per heavy atom. The second-order valence-corrected chi connectivity index (χ2v) is 4.85. The zero-order valence-electron chi connectivity index (χ0n) is 8.98. The predicted octanol–water partition coefficient (Wildman–Crippen LogP) is 2.81. The molecule has 0 aliphatic heterocycles. The molecule has 0 aromatic rings. The highest BCUT2D eigenvalue weighted by Crippen LogP contribution is 2.42. The fourth-order valence-corrected chi connectivity index (χ4v) is 2.51. The number of nitrogens with one attached hydrogen (secondary N) is 1. The van der Waals surface area contributed by atoms with Gasteiger partial charge in [-0.3, -0.25) is 0 Å². The zero-order valence-corrected chi connectivity index (χ0v) is 8.98. The van der Waals surface area contributed by atoms with E-state index in [0.717, 1.165) is 12.0 Å². The summed E-state index contributed by atoms with van der Waals surface area (Å²) in [7, 11) is 2.09. The summed E-state index contributed by atoms with van der Waals surface area (Å²) in [5.74, 6) is 0.920. The monoisotopic (exact) mass is 169 g/mol. The lowest BCUT2D eigenvalue weighted by Gasteiger charge is -2.41. The highest BCUT2D eigenvalue weighted by atomic mass is 14.9. The Bertz CT molecular complexity index is 140. The van der Waals surface area contributed by atoms with E-state index in [4.69, 9.17) is 0 Å². The number of hydrogen-bond acceptors (Lipinski definition) is 1. The Kier molecular flexibility index (Phi) is 3.16. The number of hydrogen-bond donors (Lipinski definition) is 1. The van der Waals surface area contributed by atoms with Crippen LogP contribution in [0, 0.1) is 11.3 Å². The first-order chi connectivity index (χ1) is 5.60. The molecule has 1 fully saturated rings. The van der Waals surface area contributed by atoms with Gasteiger partial charge in [-0.1, -0.05) is 27.2 Å². The molecular formula is C11H23N. The molecule has 12 heavy (non-hydrogen) atoms. The van der Waals surface area contributed by atoms with E-state index < -0.39 is 0 Å². The summed E-state index contributed by atoms with van der Waals surface area (Å²) < 4.78 is 0.